The first-order valence-electron chi connectivity index (χ1n) is 10.2. The van der Waals surface area contributed by atoms with E-state index in [2.05, 4.69) is 16.0 Å². The Balaban J connectivity index is 1.52. The highest BCUT2D eigenvalue weighted by Gasteiger charge is 2.09. The average Bonchev–Trinajstić information content (AvgIpc) is 2.82. The zero-order valence-electron chi connectivity index (χ0n) is 17.4. The number of anilines is 1. The summed E-state index contributed by atoms with van der Waals surface area (Å²) in [7, 11) is 0. The van der Waals surface area contributed by atoms with Crippen LogP contribution in [0.3, 0.4) is 0 Å². The van der Waals surface area contributed by atoms with Crippen LogP contribution in [0.5, 0.6) is 0 Å². The van der Waals surface area contributed by atoms with Crippen molar-refractivity contribution in [2.24, 2.45) is 0 Å². The lowest BCUT2D eigenvalue weighted by Gasteiger charge is -2.09. The molecule has 0 aliphatic carbocycles. The quantitative estimate of drug-likeness (QED) is 0.488. The van der Waals surface area contributed by atoms with E-state index in [9.17, 15) is 14.4 Å². The maximum atomic E-state index is 12.5. The molecule has 6 nitrogen and oxygen atoms in total. The van der Waals surface area contributed by atoms with Gasteiger partial charge in [-0.3, -0.25) is 14.4 Å². The van der Waals surface area contributed by atoms with Crippen molar-refractivity contribution in [2.45, 2.75) is 13.3 Å². The summed E-state index contributed by atoms with van der Waals surface area (Å²) in [6.45, 7) is 2.51. The fraction of sp³-hybridized carbons (Fsp3) is 0.160. The molecule has 0 saturated heterocycles. The van der Waals surface area contributed by atoms with Gasteiger partial charge in [-0.25, -0.2) is 0 Å². The number of nitrogens with one attached hydrogen (secondary N) is 3. The second-order valence-electron chi connectivity index (χ2n) is 6.93. The van der Waals surface area contributed by atoms with Crippen molar-refractivity contribution in [3.63, 3.8) is 0 Å². The van der Waals surface area contributed by atoms with Crippen LogP contribution in [0, 0.1) is 0 Å². The van der Waals surface area contributed by atoms with Crippen LogP contribution in [-0.4, -0.2) is 30.8 Å². The number of carbonyl (C=O) groups is 3. The van der Waals surface area contributed by atoms with E-state index in [1.807, 2.05) is 42.5 Å². The van der Waals surface area contributed by atoms with E-state index >= 15 is 0 Å². The van der Waals surface area contributed by atoms with Gasteiger partial charge < -0.3 is 16.0 Å². The van der Waals surface area contributed by atoms with Gasteiger partial charge in [0.05, 0.1) is 0 Å². The normalized spacial score (nSPS) is 10.2. The van der Waals surface area contributed by atoms with Gasteiger partial charge in [-0.2, -0.15) is 0 Å². The third-order valence-corrected chi connectivity index (χ3v) is 4.71. The third-order valence-electron chi connectivity index (χ3n) is 4.71. The summed E-state index contributed by atoms with van der Waals surface area (Å²) >= 11 is 0. The van der Waals surface area contributed by atoms with Crippen LogP contribution < -0.4 is 16.0 Å². The Hall–Kier alpha value is -3.93. The molecule has 3 N–H and O–H groups in total. The first kappa shape index (κ1) is 21.8. The molecule has 0 bridgehead atoms. The predicted molar refractivity (Wildman–Crippen MR) is 122 cm³/mol. The Bertz CT molecular complexity index is 1030. The van der Waals surface area contributed by atoms with Crippen LogP contribution in [-0.2, 0) is 4.79 Å². The molecule has 0 fully saturated rings. The minimum absolute atomic E-state index is 0.0518. The molecule has 0 aromatic heterocycles. The molecule has 0 aliphatic rings. The molecule has 0 aliphatic heterocycles. The zero-order chi connectivity index (χ0) is 22.1. The largest absolute Gasteiger partial charge is 0.354 e. The highest BCUT2D eigenvalue weighted by atomic mass is 16.2. The smallest absolute Gasteiger partial charge is 0.255 e. The Morgan fingerprint density at radius 3 is 1.84 bits per heavy atom. The van der Waals surface area contributed by atoms with E-state index in [-0.39, 0.29) is 17.7 Å². The summed E-state index contributed by atoms with van der Waals surface area (Å²) in [6, 6.07) is 24.0. The molecule has 0 unspecified atom stereocenters. The average molecular weight is 415 g/mol. The lowest BCUT2D eigenvalue weighted by Crippen LogP contribution is -2.34. The molecule has 3 aromatic carbocycles. The van der Waals surface area contributed by atoms with Gasteiger partial charge in [0.15, 0.2) is 0 Å². The van der Waals surface area contributed by atoms with Gasteiger partial charge in [0.1, 0.15) is 0 Å². The second-order valence-corrected chi connectivity index (χ2v) is 6.93. The molecule has 3 amide bonds. The summed E-state index contributed by atoms with van der Waals surface area (Å²) in [5.74, 6) is -0.507. The summed E-state index contributed by atoms with van der Waals surface area (Å²) in [5, 5.41) is 8.28. The highest BCUT2D eigenvalue weighted by Crippen LogP contribution is 2.20. The molecule has 3 rings (SSSR count). The Kier molecular flexibility index (Phi) is 7.54. The molecule has 6 heteroatoms. The van der Waals surface area contributed by atoms with E-state index in [0.29, 0.717) is 36.3 Å². The second kappa shape index (κ2) is 10.7. The van der Waals surface area contributed by atoms with Crippen molar-refractivity contribution in [3.8, 4) is 11.1 Å². The molecule has 0 heterocycles. The van der Waals surface area contributed by atoms with Crippen LogP contribution in [0.4, 0.5) is 5.69 Å². The van der Waals surface area contributed by atoms with Gasteiger partial charge in [-0.15, -0.1) is 0 Å². The van der Waals surface area contributed by atoms with Crippen LogP contribution >= 0.6 is 0 Å². The number of amides is 3. The number of hydrogen-bond acceptors (Lipinski definition) is 3. The van der Waals surface area contributed by atoms with Gasteiger partial charge >= 0.3 is 0 Å². The number of hydrogen-bond donors (Lipinski definition) is 3. The summed E-state index contributed by atoms with van der Waals surface area (Å²) in [6.07, 6.45) is 0.415. The van der Waals surface area contributed by atoms with Crippen molar-refractivity contribution in [3.05, 3.63) is 90.0 Å². The van der Waals surface area contributed by atoms with Crippen molar-refractivity contribution < 1.29 is 14.4 Å². The summed E-state index contributed by atoms with van der Waals surface area (Å²) in [4.78, 5) is 35.8. The minimum Gasteiger partial charge on any atom is -0.354 e. The Labute approximate surface area is 181 Å². The predicted octanol–water partition coefficient (Wildman–Crippen LogP) is 3.86. The maximum Gasteiger partial charge on any atom is 0.255 e. The molecular formula is C25H25N3O3. The first-order chi connectivity index (χ1) is 15.1. The van der Waals surface area contributed by atoms with Crippen LogP contribution in [0.2, 0.25) is 0 Å². The zero-order valence-corrected chi connectivity index (χ0v) is 17.4. The van der Waals surface area contributed by atoms with Gasteiger partial charge in [-0.1, -0.05) is 49.4 Å². The van der Waals surface area contributed by atoms with Gasteiger partial charge in [0.2, 0.25) is 5.91 Å². The molecule has 0 atom stereocenters. The SMILES string of the molecule is CCC(=O)NCCNC(=O)c1ccc(NC(=O)c2ccc(-c3ccccc3)cc2)cc1. The van der Waals surface area contributed by atoms with Gasteiger partial charge in [0, 0.05) is 36.3 Å². The molecule has 31 heavy (non-hydrogen) atoms. The lowest BCUT2D eigenvalue weighted by molar-refractivity contribution is -0.120. The van der Waals surface area contributed by atoms with Crippen LogP contribution in [0.15, 0.2) is 78.9 Å². The molecular weight excluding hydrogens is 390 g/mol. The molecule has 0 spiro atoms. The van der Waals surface area contributed by atoms with Crippen molar-refractivity contribution >= 4 is 23.4 Å². The standard InChI is InChI=1S/C25H25N3O3/c1-2-23(29)26-16-17-27-24(30)20-12-14-22(15-13-20)28-25(31)21-10-8-19(9-11-21)18-6-4-3-5-7-18/h3-15H,2,16-17H2,1H3,(H,26,29)(H,27,30)(H,28,31). The fourth-order valence-corrected chi connectivity index (χ4v) is 2.96. The summed E-state index contributed by atoms with van der Waals surface area (Å²) < 4.78 is 0. The Morgan fingerprint density at radius 2 is 1.19 bits per heavy atom. The maximum absolute atomic E-state index is 12.5. The molecule has 158 valence electrons. The molecule has 0 radical (unpaired) electrons. The van der Waals surface area contributed by atoms with E-state index in [0.717, 1.165) is 11.1 Å². The van der Waals surface area contributed by atoms with Crippen molar-refractivity contribution in [1.82, 2.24) is 10.6 Å². The third kappa shape index (κ3) is 6.27. The molecule has 0 saturated carbocycles. The van der Waals surface area contributed by atoms with Crippen molar-refractivity contribution in [2.75, 3.05) is 18.4 Å². The minimum atomic E-state index is -0.236. The highest BCUT2D eigenvalue weighted by molar-refractivity contribution is 6.04. The van der Waals surface area contributed by atoms with Crippen LogP contribution in [0.1, 0.15) is 34.1 Å². The van der Waals surface area contributed by atoms with Crippen LogP contribution in [0.25, 0.3) is 11.1 Å². The topological polar surface area (TPSA) is 87.3 Å². The van der Waals surface area contributed by atoms with Gasteiger partial charge in [-0.05, 0) is 47.5 Å². The summed E-state index contributed by atoms with van der Waals surface area (Å²) in [5.41, 5.74) is 3.77. The number of carbonyl (C=O) groups excluding carboxylic acids is 3. The number of benzene rings is 3. The van der Waals surface area contributed by atoms with E-state index < -0.39 is 0 Å². The van der Waals surface area contributed by atoms with E-state index in [1.165, 1.54) is 0 Å². The van der Waals surface area contributed by atoms with Crippen molar-refractivity contribution in [1.29, 1.82) is 0 Å². The fourth-order valence-electron chi connectivity index (χ4n) is 2.96. The first-order valence-corrected chi connectivity index (χ1v) is 10.2. The Morgan fingerprint density at radius 1 is 0.645 bits per heavy atom. The van der Waals surface area contributed by atoms with Gasteiger partial charge in [0.25, 0.3) is 11.8 Å². The lowest BCUT2D eigenvalue weighted by atomic mass is 10.0. The molecule has 3 aromatic rings. The number of rotatable bonds is 8. The van der Waals surface area contributed by atoms with E-state index in [4.69, 9.17) is 0 Å². The van der Waals surface area contributed by atoms with E-state index in [1.54, 1.807) is 43.3 Å². The monoisotopic (exact) mass is 415 g/mol.